The average Bonchev–Trinajstić information content (AvgIpc) is 2.96. The molecule has 1 fully saturated rings. The van der Waals surface area contributed by atoms with Crippen molar-refractivity contribution in [3.05, 3.63) is 41.5 Å². The second-order valence-electron chi connectivity index (χ2n) is 6.53. The van der Waals surface area contributed by atoms with Gasteiger partial charge in [-0.05, 0) is 42.9 Å². The summed E-state index contributed by atoms with van der Waals surface area (Å²) in [5.74, 6) is 0.932. The largest absolute Gasteiger partial charge is 0.497 e. The molecule has 3 nitrogen and oxygen atoms in total. The van der Waals surface area contributed by atoms with Crippen LogP contribution in [0, 0.1) is 17.3 Å². The van der Waals surface area contributed by atoms with Crippen LogP contribution >= 0.6 is 0 Å². The smallest absolute Gasteiger partial charge is 0.310 e. The number of esters is 1. The molecule has 0 aliphatic heterocycles. The number of ether oxygens (including phenoxy) is 2. The summed E-state index contributed by atoms with van der Waals surface area (Å²) < 4.78 is 10.6. The van der Waals surface area contributed by atoms with Gasteiger partial charge in [-0.1, -0.05) is 37.6 Å². The monoisotopic (exact) mass is 288 g/mol. The molecule has 1 saturated carbocycles. The second kappa shape index (κ2) is 5.92. The van der Waals surface area contributed by atoms with Crippen molar-refractivity contribution >= 4 is 5.97 Å². The van der Waals surface area contributed by atoms with Crippen LogP contribution in [0.1, 0.15) is 33.3 Å². The Bertz CT molecular complexity index is 553. The fourth-order valence-electron chi connectivity index (χ4n) is 2.80. The summed E-state index contributed by atoms with van der Waals surface area (Å²) in [5, 5.41) is 0. The Labute approximate surface area is 127 Å². The Morgan fingerprint density at radius 3 is 2.67 bits per heavy atom. The van der Waals surface area contributed by atoms with Gasteiger partial charge in [0.25, 0.3) is 0 Å². The predicted octanol–water partition coefficient (Wildman–Crippen LogP) is 3.98. The first kappa shape index (κ1) is 15.6. The molecule has 0 spiro atoms. The average molecular weight is 288 g/mol. The van der Waals surface area contributed by atoms with Crippen molar-refractivity contribution < 1.29 is 14.3 Å². The molecule has 114 valence electrons. The topological polar surface area (TPSA) is 35.5 Å². The fraction of sp³-hybridized carbons (Fsp3) is 0.500. The van der Waals surface area contributed by atoms with Gasteiger partial charge in [-0.15, -0.1) is 0 Å². The first-order valence-electron chi connectivity index (χ1n) is 7.31. The third kappa shape index (κ3) is 3.46. The van der Waals surface area contributed by atoms with Crippen LogP contribution in [0.25, 0.3) is 0 Å². The summed E-state index contributed by atoms with van der Waals surface area (Å²) in [4.78, 5) is 12.3. The molecule has 1 aliphatic rings. The lowest BCUT2D eigenvalue weighted by molar-refractivity contribution is -0.147. The number of carbonyl (C=O) groups excluding carboxylic acids is 1. The molecule has 1 aliphatic carbocycles. The van der Waals surface area contributed by atoms with E-state index in [4.69, 9.17) is 9.47 Å². The Morgan fingerprint density at radius 1 is 1.33 bits per heavy atom. The van der Waals surface area contributed by atoms with Crippen LogP contribution in [0.4, 0.5) is 0 Å². The zero-order valence-corrected chi connectivity index (χ0v) is 13.5. The maximum Gasteiger partial charge on any atom is 0.310 e. The molecule has 0 radical (unpaired) electrons. The molecule has 3 heteroatoms. The Hall–Kier alpha value is -1.77. The van der Waals surface area contributed by atoms with E-state index in [1.807, 2.05) is 24.3 Å². The Morgan fingerprint density at radius 2 is 2.05 bits per heavy atom. The number of benzene rings is 1. The highest BCUT2D eigenvalue weighted by molar-refractivity contribution is 5.78. The molecule has 2 rings (SSSR count). The number of carbonyl (C=O) groups is 1. The summed E-state index contributed by atoms with van der Waals surface area (Å²) in [5.41, 5.74) is 2.19. The van der Waals surface area contributed by atoms with Gasteiger partial charge < -0.3 is 9.47 Å². The van der Waals surface area contributed by atoms with E-state index in [-0.39, 0.29) is 17.3 Å². The van der Waals surface area contributed by atoms with Gasteiger partial charge in [0.05, 0.1) is 13.0 Å². The van der Waals surface area contributed by atoms with Crippen LogP contribution in [0.2, 0.25) is 0 Å². The van der Waals surface area contributed by atoms with E-state index in [0.717, 1.165) is 11.3 Å². The minimum absolute atomic E-state index is 0.00271. The second-order valence-corrected chi connectivity index (χ2v) is 6.53. The standard InChI is InChI=1S/C18H24O3/c1-12(2)9-15-16(18(15,3)4)17(19)21-11-13-7-6-8-14(10-13)20-5/h6-10,15-16H,11H2,1-5H3/t15-,16+/m1/s1. The molecule has 0 heterocycles. The van der Waals surface area contributed by atoms with Crippen molar-refractivity contribution in [2.75, 3.05) is 7.11 Å². The minimum atomic E-state index is -0.106. The van der Waals surface area contributed by atoms with Crippen LogP contribution in [0.15, 0.2) is 35.9 Å². The SMILES string of the molecule is COc1cccc(COC(=O)[C@@H]2[C@@H](C=C(C)C)C2(C)C)c1. The first-order chi connectivity index (χ1) is 9.86. The van der Waals surface area contributed by atoms with E-state index in [0.29, 0.717) is 12.5 Å². The van der Waals surface area contributed by atoms with Crippen molar-refractivity contribution in [3.63, 3.8) is 0 Å². The Balaban J connectivity index is 1.95. The number of methoxy groups -OCH3 is 1. The number of hydrogen-bond donors (Lipinski definition) is 0. The van der Waals surface area contributed by atoms with Gasteiger partial charge >= 0.3 is 5.97 Å². The molecular weight excluding hydrogens is 264 g/mol. The lowest BCUT2D eigenvalue weighted by Gasteiger charge is -2.07. The third-order valence-electron chi connectivity index (χ3n) is 4.19. The molecule has 0 unspecified atom stereocenters. The molecule has 21 heavy (non-hydrogen) atoms. The van der Waals surface area contributed by atoms with Crippen molar-refractivity contribution in [1.29, 1.82) is 0 Å². The molecule has 0 bridgehead atoms. The van der Waals surface area contributed by atoms with Crippen molar-refractivity contribution in [1.82, 2.24) is 0 Å². The van der Waals surface area contributed by atoms with Crippen LogP contribution in [-0.2, 0) is 16.1 Å². The van der Waals surface area contributed by atoms with Crippen molar-refractivity contribution in [3.8, 4) is 5.75 Å². The van der Waals surface area contributed by atoms with E-state index in [1.165, 1.54) is 5.57 Å². The van der Waals surface area contributed by atoms with E-state index in [1.54, 1.807) is 7.11 Å². The van der Waals surface area contributed by atoms with Crippen LogP contribution < -0.4 is 4.74 Å². The summed E-state index contributed by atoms with van der Waals surface area (Å²) >= 11 is 0. The maximum atomic E-state index is 12.3. The highest BCUT2D eigenvalue weighted by atomic mass is 16.5. The lowest BCUT2D eigenvalue weighted by atomic mass is 10.1. The van der Waals surface area contributed by atoms with E-state index in [9.17, 15) is 4.79 Å². The van der Waals surface area contributed by atoms with Gasteiger partial charge in [0.2, 0.25) is 0 Å². The summed E-state index contributed by atoms with van der Waals surface area (Å²) in [7, 11) is 1.63. The molecular formula is C18H24O3. The molecule has 1 aromatic rings. The van der Waals surface area contributed by atoms with Crippen LogP contribution in [0.3, 0.4) is 0 Å². The maximum absolute atomic E-state index is 12.3. The van der Waals surface area contributed by atoms with Gasteiger partial charge in [-0.3, -0.25) is 4.79 Å². The molecule has 0 amide bonds. The fourth-order valence-corrected chi connectivity index (χ4v) is 2.80. The van der Waals surface area contributed by atoms with Crippen molar-refractivity contribution in [2.24, 2.45) is 17.3 Å². The molecule has 1 aromatic carbocycles. The molecule has 2 atom stereocenters. The molecule has 0 saturated heterocycles. The van der Waals surface area contributed by atoms with Gasteiger partial charge in [0.15, 0.2) is 0 Å². The zero-order chi connectivity index (χ0) is 15.6. The lowest BCUT2D eigenvalue weighted by Crippen LogP contribution is -2.10. The normalized spacial score (nSPS) is 22.3. The minimum Gasteiger partial charge on any atom is -0.497 e. The highest BCUT2D eigenvalue weighted by Crippen LogP contribution is 2.59. The Kier molecular flexibility index (Phi) is 4.40. The van der Waals surface area contributed by atoms with E-state index in [2.05, 4.69) is 33.8 Å². The first-order valence-corrected chi connectivity index (χ1v) is 7.31. The predicted molar refractivity (Wildman–Crippen MR) is 83.0 cm³/mol. The van der Waals surface area contributed by atoms with Gasteiger partial charge in [-0.25, -0.2) is 0 Å². The third-order valence-corrected chi connectivity index (χ3v) is 4.19. The molecule has 0 N–H and O–H groups in total. The van der Waals surface area contributed by atoms with E-state index >= 15 is 0 Å². The van der Waals surface area contributed by atoms with Gasteiger partial charge in [0, 0.05) is 0 Å². The number of rotatable bonds is 5. The number of hydrogen-bond acceptors (Lipinski definition) is 3. The molecule has 0 aromatic heterocycles. The quantitative estimate of drug-likeness (QED) is 0.607. The highest BCUT2D eigenvalue weighted by Gasteiger charge is 2.61. The van der Waals surface area contributed by atoms with Gasteiger partial charge in [-0.2, -0.15) is 0 Å². The van der Waals surface area contributed by atoms with Gasteiger partial charge in [0.1, 0.15) is 12.4 Å². The number of allylic oxidation sites excluding steroid dienone is 2. The summed E-state index contributed by atoms with van der Waals surface area (Å²) in [6, 6.07) is 7.59. The summed E-state index contributed by atoms with van der Waals surface area (Å²) in [6.07, 6.45) is 2.18. The zero-order valence-electron chi connectivity index (χ0n) is 13.5. The van der Waals surface area contributed by atoms with Crippen LogP contribution in [0.5, 0.6) is 5.75 Å². The van der Waals surface area contributed by atoms with Crippen LogP contribution in [-0.4, -0.2) is 13.1 Å². The van der Waals surface area contributed by atoms with E-state index < -0.39 is 0 Å². The van der Waals surface area contributed by atoms with Crippen molar-refractivity contribution in [2.45, 2.75) is 34.3 Å². The summed E-state index contributed by atoms with van der Waals surface area (Å²) in [6.45, 7) is 8.66.